The SMILES string of the molecule is CC(C)C[C@H](NC(=O)OC(C)(C)C)C(=O)N1CCC(=O)C1. The van der Waals surface area contributed by atoms with Gasteiger partial charge < -0.3 is 15.0 Å². The van der Waals surface area contributed by atoms with Gasteiger partial charge in [0, 0.05) is 13.0 Å². The van der Waals surface area contributed by atoms with Gasteiger partial charge in [-0.15, -0.1) is 0 Å². The molecule has 0 aromatic heterocycles. The fourth-order valence-electron chi connectivity index (χ4n) is 2.18. The smallest absolute Gasteiger partial charge is 0.408 e. The summed E-state index contributed by atoms with van der Waals surface area (Å²) in [6, 6.07) is -0.647. The average molecular weight is 298 g/mol. The lowest BCUT2D eigenvalue weighted by Crippen LogP contribution is -2.49. The quantitative estimate of drug-likeness (QED) is 0.857. The van der Waals surface area contributed by atoms with Crippen LogP contribution in [0.3, 0.4) is 0 Å². The van der Waals surface area contributed by atoms with Crippen molar-refractivity contribution in [2.45, 2.75) is 59.1 Å². The molecule has 1 heterocycles. The molecular weight excluding hydrogens is 272 g/mol. The fraction of sp³-hybridized carbons (Fsp3) is 0.800. The van der Waals surface area contributed by atoms with Gasteiger partial charge in [0.1, 0.15) is 11.6 Å². The lowest BCUT2D eigenvalue weighted by atomic mass is 10.0. The molecule has 1 N–H and O–H groups in total. The summed E-state index contributed by atoms with van der Waals surface area (Å²) in [4.78, 5) is 37.1. The Morgan fingerprint density at radius 3 is 2.38 bits per heavy atom. The van der Waals surface area contributed by atoms with Crippen molar-refractivity contribution in [2.24, 2.45) is 5.92 Å². The Bertz CT molecular complexity index is 412. The Kier molecular flexibility index (Phi) is 5.75. The van der Waals surface area contributed by atoms with Gasteiger partial charge in [-0.2, -0.15) is 0 Å². The number of carbonyl (C=O) groups is 3. The molecule has 0 aromatic carbocycles. The van der Waals surface area contributed by atoms with Crippen LogP contribution in [0.5, 0.6) is 0 Å². The average Bonchev–Trinajstić information content (AvgIpc) is 2.70. The maximum absolute atomic E-state index is 12.4. The number of rotatable bonds is 4. The van der Waals surface area contributed by atoms with Gasteiger partial charge in [0.2, 0.25) is 5.91 Å². The first-order valence-corrected chi connectivity index (χ1v) is 7.38. The molecule has 2 amide bonds. The number of ketones is 1. The molecular formula is C15H26N2O4. The Morgan fingerprint density at radius 2 is 1.95 bits per heavy atom. The van der Waals surface area contributed by atoms with Crippen molar-refractivity contribution in [3.8, 4) is 0 Å². The highest BCUT2D eigenvalue weighted by Gasteiger charge is 2.32. The zero-order chi connectivity index (χ0) is 16.2. The molecule has 1 aliphatic rings. The molecule has 1 saturated heterocycles. The Hall–Kier alpha value is -1.59. The van der Waals surface area contributed by atoms with E-state index < -0.39 is 17.7 Å². The van der Waals surface area contributed by atoms with E-state index in [1.54, 1.807) is 20.8 Å². The van der Waals surface area contributed by atoms with E-state index in [1.807, 2.05) is 13.8 Å². The van der Waals surface area contributed by atoms with Gasteiger partial charge in [0.15, 0.2) is 5.78 Å². The van der Waals surface area contributed by atoms with E-state index in [0.29, 0.717) is 19.4 Å². The van der Waals surface area contributed by atoms with Gasteiger partial charge >= 0.3 is 6.09 Å². The maximum Gasteiger partial charge on any atom is 0.408 e. The highest BCUT2D eigenvalue weighted by atomic mass is 16.6. The van der Waals surface area contributed by atoms with Crippen LogP contribution in [0.4, 0.5) is 4.79 Å². The van der Waals surface area contributed by atoms with Crippen LogP contribution in [0, 0.1) is 5.92 Å². The highest BCUT2D eigenvalue weighted by molar-refractivity contribution is 5.92. The number of likely N-dealkylation sites (tertiary alicyclic amines) is 1. The summed E-state index contributed by atoms with van der Waals surface area (Å²) >= 11 is 0. The number of carbonyl (C=O) groups excluding carboxylic acids is 3. The molecule has 1 fully saturated rings. The third-order valence-corrected chi connectivity index (χ3v) is 3.04. The van der Waals surface area contributed by atoms with E-state index in [2.05, 4.69) is 5.32 Å². The molecule has 0 spiro atoms. The summed E-state index contributed by atoms with van der Waals surface area (Å²) < 4.78 is 5.20. The Balaban J connectivity index is 2.69. The summed E-state index contributed by atoms with van der Waals surface area (Å²) in [6.45, 7) is 9.84. The third-order valence-electron chi connectivity index (χ3n) is 3.04. The van der Waals surface area contributed by atoms with Gasteiger partial charge in [0.25, 0.3) is 0 Å². The Labute approximate surface area is 126 Å². The topological polar surface area (TPSA) is 75.7 Å². The molecule has 0 bridgehead atoms. The normalized spacial score (nSPS) is 17.0. The Morgan fingerprint density at radius 1 is 1.33 bits per heavy atom. The van der Waals surface area contributed by atoms with Crippen LogP contribution in [0.15, 0.2) is 0 Å². The summed E-state index contributed by atoms with van der Waals surface area (Å²) in [5, 5.41) is 2.63. The molecule has 0 aromatic rings. The van der Waals surface area contributed by atoms with Crippen LogP contribution in [0.25, 0.3) is 0 Å². The lowest BCUT2D eigenvalue weighted by molar-refractivity contribution is -0.134. The van der Waals surface area contributed by atoms with E-state index in [-0.39, 0.29) is 24.2 Å². The molecule has 120 valence electrons. The van der Waals surface area contributed by atoms with E-state index in [0.717, 1.165) is 0 Å². The number of nitrogens with one attached hydrogen (secondary N) is 1. The zero-order valence-corrected chi connectivity index (χ0v) is 13.6. The standard InChI is InChI=1S/C15H26N2O4/c1-10(2)8-12(16-14(20)21-15(3,4)5)13(19)17-7-6-11(18)9-17/h10,12H,6-9H2,1-5H3,(H,16,20)/t12-/m0/s1. The largest absolute Gasteiger partial charge is 0.444 e. The second kappa shape index (κ2) is 6.91. The second-order valence-electron chi connectivity index (χ2n) is 6.88. The van der Waals surface area contributed by atoms with Crippen molar-refractivity contribution in [3.05, 3.63) is 0 Å². The van der Waals surface area contributed by atoms with E-state index in [9.17, 15) is 14.4 Å². The summed E-state index contributed by atoms with van der Waals surface area (Å²) in [7, 11) is 0. The first-order chi connectivity index (χ1) is 9.58. The van der Waals surface area contributed by atoms with Crippen LogP contribution < -0.4 is 5.32 Å². The number of ether oxygens (including phenoxy) is 1. The molecule has 21 heavy (non-hydrogen) atoms. The monoisotopic (exact) mass is 298 g/mol. The van der Waals surface area contributed by atoms with Crippen LogP contribution >= 0.6 is 0 Å². The second-order valence-corrected chi connectivity index (χ2v) is 6.88. The molecule has 6 heteroatoms. The van der Waals surface area contributed by atoms with Crippen molar-refractivity contribution in [1.82, 2.24) is 10.2 Å². The van der Waals surface area contributed by atoms with E-state index in [4.69, 9.17) is 4.74 Å². The predicted octanol–water partition coefficient (Wildman–Crippen LogP) is 1.73. The molecule has 0 unspecified atom stereocenters. The predicted molar refractivity (Wildman–Crippen MR) is 78.8 cm³/mol. The molecule has 6 nitrogen and oxygen atoms in total. The van der Waals surface area contributed by atoms with Gasteiger partial charge in [-0.1, -0.05) is 13.8 Å². The number of alkyl carbamates (subject to hydrolysis) is 1. The minimum absolute atomic E-state index is 0.0592. The van der Waals surface area contributed by atoms with Crippen molar-refractivity contribution >= 4 is 17.8 Å². The first-order valence-electron chi connectivity index (χ1n) is 7.38. The zero-order valence-electron chi connectivity index (χ0n) is 13.6. The fourth-order valence-corrected chi connectivity index (χ4v) is 2.18. The number of hydrogen-bond donors (Lipinski definition) is 1. The highest BCUT2D eigenvalue weighted by Crippen LogP contribution is 2.13. The summed E-state index contributed by atoms with van der Waals surface area (Å²) in [6.07, 6.45) is 0.307. The molecule has 1 rings (SSSR count). The molecule has 0 aliphatic carbocycles. The van der Waals surface area contributed by atoms with Crippen LogP contribution in [-0.2, 0) is 14.3 Å². The number of hydrogen-bond acceptors (Lipinski definition) is 4. The minimum Gasteiger partial charge on any atom is -0.444 e. The minimum atomic E-state index is -0.647. The maximum atomic E-state index is 12.4. The molecule has 1 aliphatic heterocycles. The summed E-state index contributed by atoms with van der Waals surface area (Å²) in [5.41, 5.74) is -0.612. The van der Waals surface area contributed by atoms with Crippen LogP contribution in [0.1, 0.15) is 47.5 Å². The van der Waals surface area contributed by atoms with Gasteiger partial charge in [-0.05, 0) is 33.1 Å². The summed E-state index contributed by atoms with van der Waals surface area (Å²) in [5.74, 6) is 0.0940. The van der Waals surface area contributed by atoms with E-state index in [1.165, 1.54) is 4.90 Å². The molecule has 0 saturated carbocycles. The molecule has 1 atom stereocenters. The van der Waals surface area contributed by atoms with Crippen molar-refractivity contribution < 1.29 is 19.1 Å². The van der Waals surface area contributed by atoms with Crippen molar-refractivity contribution in [1.29, 1.82) is 0 Å². The van der Waals surface area contributed by atoms with Crippen molar-refractivity contribution in [2.75, 3.05) is 13.1 Å². The van der Waals surface area contributed by atoms with Gasteiger partial charge in [0.05, 0.1) is 6.54 Å². The number of nitrogens with zero attached hydrogens (tertiary/aromatic N) is 1. The van der Waals surface area contributed by atoms with Gasteiger partial charge in [-0.3, -0.25) is 9.59 Å². The van der Waals surface area contributed by atoms with Gasteiger partial charge in [-0.25, -0.2) is 4.79 Å². The van der Waals surface area contributed by atoms with Crippen LogP contribution in [0.2, 0.25) is 0 Å². The third kappa shape index (κ3) is 6.14. The van der Waals surface area contributed by atoms with Crippen LogP contribution in [-0.4, -0.2) is 47.4 Å². The molecule has 0 radical (unpaired) electrons. The number of amides is 2. The van der Waals surface area contributed by atoms with Crippen molar-refractivity contribution in [3.63, 3.8) is 0 Å². The van der Waals surface area contributed by atoms with E-state index >= 15 is 0 Å². The number of Topliss-reactive ketones (excluding diaryl/α,β-unsaturated/α-hetero) is 1. The first kappa shape index (κ1) is 17.5. The lowest BCUT2D eigenvalue weighted by Gasteiger charge is -2.26.